The Morgan fingerprint density at radius 2 is 1.62 bits per heavy atom. The van der Waals surface area contributed by atoms with Gasteiger partial charge in [-0.05, 0) is 55.7 Å². The van der Waals surface area contributed by atoms with Crippen LogP contribution in [-0.2, 0) is 9.59 Å². The molecule has 1 heterocycles. The predicted octanol–water partition coefficient (Wildman–Crippen LogP) is 3.43. The van der Waals surface area contributed by atoms with Crippen molar-refractivity contribution in [1.29, 1.82) is 0 Å². The highest BCUT2D eigenvalue weighted by Crippen LogP contribution is 2.45. The summed E-state index contributed by atoms with van der Waals surface area (Å²) in [4.78, 5) is 26.2. The average Bonchev–Trinajstić information content (AvgIpc) is 3.30. The Hall–Kier alpha value is -1.64. The fourth-order valence-electron chi connectivity index (χ4n) is 3.88. The SMILES string of the molecule is O=C1CCC2(CC1)CCN(c1ccc(C3CC3)cc1)C2=O. The van der Waals surface area contributed by atoms with Crippen molar-refractivity contribution >= 4 is 17.4 Å². The summed E-state index contributed by atoms with van der Waals surface area (Å²) in [5, 5.41) is 0. The van der Waals surface area contributed by atoms with Gasteiger partial charge in [0.25, 0.3) is 0 Å². The highest BCUT2D eigenvalue weighted by Gasteiger charge is 2.48. The minimum Gasteiger partial charge on any atom is -0.312 e. The maximum atomic E-state index is 12.8. The Morgan fingerprint density at radius 1 is 0.952 bits per heavy atom. The first-order chi connectivity index (χ1) is 10.2. The zero-order valence-corrected chi connectivity index (χ0v) is 12.3. The standard InChI is InChI=1S/C18H21NO2/c20-16-7-9-18(10-8-16)11-12-19(17(18)21)15-5-3-14(4-6-15)13-1-2-13/h3-6,13H,1-2,7-12H2. The monoisotopic (exact) mass is 283 g/mol. The number of carbonyl (C=O) groups excluding carboxylic acids is 2. The molecule has 0 aromatic heterocycles. The van der Waals surface area contributed by atoms with Gasteiger partial charge in [-0.25, -0.2) is 0 Å². The van der Waals surface area contributed by atoms with Crippen LogP contribution in [0, 0.1) is 5.41 Å². The molecule has 1 saturated heterocycles. The van der Waals surface area contributed by atoms with E-state index in [0.29, 0.717) is 18.6 Å². The van der Waals surface area contributed by atoms with E-state index in [-0.39, 0.29) is 11.3 Å². The first kappa shape index (κ1) is 13.1. The van der Waals surface area contributed by atoms with Crippen molar-refractivity contribution in [3.8, 4) is 0 Å². The molecule has 4 rings (SSSR count). The Bertz CT molecular complexity index is 576. The Kier molecular flexibility index (Phi) is 2.91. The van der Waals surface area contributed by atoms with Gasteiger partial charge in [-0.3, -0.25) is 9.59 Å². The van der Waals surface area contributed by atoms with Crippen molar-refractivity contribution in [2.45, 2.75) is 50.9 Å². The molecule has 1 aliphatic heterocycles. The van der Waals surface area contributed by atoms with Crippen LogP contribution in [0.4, 0.5) is 5.69 Å². The summed E-state index contributed by atoms with van der Waals surface area (Å²) in [6.45, 7) is 0.801. The third-order valence-electron chi connectivity index (χ3n) is 5.53. The molecule has 3 nitrogen and oxygen atoms in total. The number of amides is 1. The zero-order valence-electron chi connectivity index (χ0n) is 12.3. The Labute approximate surface area is 125 Å². The number of carbonyl (C=O) groups is 2. The second-order valence-electron chi connectivity index (χ2n) is 6.89. The largest absolute Gasteiger partial charge is 0.312 e. The summed E-state index contributed by atoms with van der Waals surface area (Å²) < 4.78 is 0. The van der Waals surface area contributed by atoms with E-state index >= 15 is 0 Å². The second-order valence-corrected chi connectivity index (χ2v) is 6.89. The molecule has 1 spiro atoms. The van der Waals surface area contributed by atoms with E-state index < -0.39 is 0 Å². The van der Waals surface area contributed by atoms with Gasteiger partial charge in [-0.15, -0.1) is 0 Å². The molecule has 0 bridgehead atoms. The van der Waals surface area contributed by atoms with Crippen LogP contribution in [0.2, 0.25) is 0 Å². The van der Waals surface area contributed by atoms with Crippen LogP contribution in [-0.4, -0.2) is 18.2 Å². The number of rotatable bonds is 2. The number of hydrogen-bond donors (Lipinski definition) is 0. The quantitative estimate of drug-likeness (QED) is 0.834. The normalized spacial score (nSPS) is 24.9. The van der Waals surface area contributed by atoms with Crippen LogP contribution < -0.4 is 4.90 Å². The van der Waals surface area contributed by atoms with Crippen molar-refractivity contribution in [1.82, 2.24) is 0 Å². The van der Waals surface area contributed by atoms with Crippen molar-refractivity contribution in [2.24, 2.45) is 5.41 Å². The molecule has 3 fully saturated rings. The summed E-state index contributed by atoms with van der Waals surface area (Å²) in [5.74, 6) is 1.32. The van der Waals surface area contributed by atoms with E-state index in [4.69, 9.17) is 0 Å². The van der Waals surface area contributed by atoms with Crippen molar-refractivity contribution < 1.29 is 9.59 Å². The van der Waals surface area contributed by atoms with Gasteiger partial charge in [0.1, 0.15) is 5.78 Å². The molecule has 3 aliphatic rings. The van der Waals surface area contributed by atoms with Gasteiger partial charge in [-0.1, -0.05) is 12.1 Å². The van der Waals surface area contributed by atoms with E-state index in [9.17, 15) is 9.59 Å². The van der Waals surface area contributed by atoms with E-state index in [1.54, 1.807) is 0 Å². The van der Waals surface area contributed by atoms with Crippen molar-refractivity contribution in [3.05, 3.63) is 29.8 Å². The van der Waals surface area contributed by atoms with Gasteiger partial charge in [0.15, 0.2) is 0 Å². The molecule has 1 aromatic rings. The van der Waals surface area contributed by atoms with Crippen LogP contribution in [0.25, 0.3) is 0 Å². The van der Waals surface area contributed by atoms with Crippen molar-refractivity contribution in [2.75, 3.05) is 11.4 Å². The van der Waals surface area contributed by atoms with Gasteiger partial charge in [0.2, 0.25) is 5.91 Å². The first-order valence-electron chi connectivity index (χ1n) is 8.12. The third-order valence-corrected chi connectivity index (χ3v) is 5.53. The van der Waals surface area contributed by atoms with Crippen LogP contribution in [0.1, 0.15) is 56.4 Å². The molecule has 2 saturated carbocycles. The van der Waals surface area contributed by atoms with Crippen molar-refractivity contribution in [3.63, 3.8) is 0 Å². The number of anilines is 1. The molecule has 2 aliphatic carbocycles. The van der Waals surface area contributed by atoms with Crippen LogP contribution >= 0.6 is 0 Å². The summed E-state index contributed by atoms with van der Waals surface area (Å²) in [6, 6.07) is 8.54. The van der Waals surface area contributed by atoms with Gasteiger partial charge < -0.3 is 4.90 Å². The smallest absolute Gasteiger partial charge is 0.233 e. The molecule has 110 valence electrons. The fourth-order valence-corrected chi connectivity index (χ4v) is 3.88. The van der Waals surface area contributed by atoms with Crippen LogP contribution in [0.15, 0.2) is 24.3 Å². The fraction of sp³-hybridized carbons (Fsp3) is 0.556. The lowest BCUT2D eigenvalue weighted by Gasteiger charge is -2.31. The maximum absolute atomic E-state index is 12.8. The number of benzene rings is 1. The zero-order chi connectivity index (χ0) is 14.4. The van der Waals surface area contributed by atoms with Gasteiger partial charge in [-0.2, -0.15) is 0 Å². The molecule has 0 atom stereocenters. The van der Waals surface area contributed by atoms with Gasteiger partial charge in [0.05, 0.1) is 5.41 Å². The van der Waals surface area contributed by atoms with Gasteiger partial charge >= 0.3 is 0 Å². The summed E-state index contributed by atoms with van der Waals surface area (Å²) in [6.07, 6.45) is 6.19. The number of nitrogens with zero attached hydrogens (tertiary/aromatic N) is 1. The van der Waals surface area contributed by atoms with Crippen LogP contribution in [0.3, 0.4) is 0 Å². The number of hydrogen-bond acceptors (Lipinski definition) is 2. The topological polar surface area (TPSA) is 37.4 Å². The average molecular weight is 283 g/mol. The molecule has 1 amide bonds. The molecular formula is C18H21NO2. The van der Waals surface area contributed by atoms with Crippen LogP contribution in [0.5, 0.6) is 0 Å². The molecular weight excluding hydrogens is 262 g/mol. The minimum absolute atomic E-state index is 0.245. The summed E-state index contributed by atoms with van der Waals surface area (Å²) in [5.41, 5.74) is 2.19. The van der Waals surface area contributed by atoms with Gasteiger partial charge in [0, 0.05) is 25.1 Å². The van der Waals surface area contributed by atoms with E-state index in [0.717, 1.165) is 37.4 Å². The molecule has 0 N–H and O–H groups in total. The third kappa shape index (κ3) is 2.19. The lowest BCUT2D eigenvalue weighted by Crippen LogP contribution is -2.37. The second kappa shape index (κ2) is 4.69. The first-order valence-corrected chi connectivity index (χ1v) is 8.12. The summed E-state index contributed by atoms with van der Waals surface area (Å²) >= 11 is 0. The Morgan fingerprint density at radius 3 is 2.24 bits per heavy atom. The lowest BCUT2D eigenvalue weighted by atomic mass is 9.72. The number of Topliss-reactive ketones (excluding diaryl/α,β-unsaturated/α-hetero) is 1. The van der Waals surface area contributed by atoms with E-state index in [1.807, 2.05) is 4.90 Å². The Balaban J connectivity index is 1.53. The molecule has 0 radical (unpaired) electrons. The van der Waals surface area contributed by atoms with E-state index in [1.165, 1.54) is 18.4 Å². The molecule has 21 heavy (non-hydrogen) atoms. The minimum atomic E-state index is -0.247. The maximum Gasteiger partial charge on any atom is 0.233 e. The molecule has 0 unspecified atom stereocenters. The highest BCUT2D eigenvalue weighted by atomic mass is 16.2. The molecule has 3 heteroatoms. The highest BCUT2D eigenvalue weighted by molar-refractivity contribution is 6.01. The summed E-state index contributed by atoms with van der Waals surface area (Å²) in [7, 11) is 0. The predicted molar refractivity (Wildman–Crippen MR) is 81.3 cm³/mol. The number of ketones is 1. The molecule has 1 aromatic carbocycles. The lowest BCUT2D eigenvalue weighted by molar-refractivity contribution is -0.130. The van der Waals surface area contributed by atoms with E-state index in [2.05, 4.69) is 24.3 Å².